The summed E-state index contributed by atoms with van der Waals surface area (Å²) in [5, 5.41) is 0. The van der Waals surface area contributed by atoms with Crippen LogP contribution in [0, 0.1) is 0 Å². The van der Waals surface area contributed by atoms with Gasteiger partial charge in [0.15, 0.2) is 6.23 Å². The monoisotopic (exact) mass is 345 g/mol. The van der Waals surface area contributed by atoms with E-state index in [1.54, 1.807) is 45.4 Å². The van der Waals surface area contributed by atoms with Crippen LogP contribution in [0.1, 0.15) is 13.8 Å². The van der Waals surface area contributed by atoms with E-state index >= 15 is 0 Å². The molecule has 6 heteroatoms. The molecule has 2 rings (SSSR count). The summed E-state index contributed by atoms with van der Waals surface area (Å²) in [6.45, 7) is 4.43. The second-order valence-electron chi connectivity index (χ2n) is 5.23. The molecule has 0 N–H and O–H groups in total. The van der Waals surface area contributed by atoms with Crippen LogP contribution in [0.3, 0.4) is 0 Å². The number of benzene rings is 2. The van der Waals surface area contributed by atoms with E-state index < -0.39 is 12.4 Å². The molecule has 0 aliphatic carbocycles. The first-order valence-corrected chi connectivity index (χ1v) is 8.00. The van der Waals surface area contributed by atoms with Gasteiger partial charge >= 0.3 is 6.16 Å². The fourth-order valence-electron chi connectivity index (χ4n) is 2.41. The lowest BCUT2D eigenvalue weighted by Gasteiger charge is -2.29. The second kappa shape index (κ2) is 8.82. The fourth-order valence-corrected chi connectivity index (χ4v) is 2.41. The Morgan fingerprint density at radius 1 is 1.00 bits per heavy atom. The van der Waals surface area contributed by atoms with Gasteiger partial charge in [-0.15, -0.1) is 0 Å². The van der Waals surface area contributed by atoms with Crippen molar-refractivity contribution in [3.63, 3.8) is 0 Å². The lowest BCUT2D eigenvalue weighted by molar-refractivity contribution is 0.0645. The van der Waals surface area contributed by atoms with Crippen LogP contribution in [-0.2, 0) is 4.74 Å². The Hall–Kier alpha value is -2.89. The molecule has 6 nitrogen and oxygen atoms in total. The van der Waals surface area contributed by atoms with Crippen LogP contribution >= 0.6 is 0 Å². The number of methoxy groups -OCH3 is 2. The number of carbonyl (C=O) groups excluding carboxylic acids is 1. The van der Waals surface area contributed by atoms with Crippen molar-refractivity contribution in [3.8, 4) is 17.2 Å². The molecule has 0 spiro atoms. The summed E-state index contributed by atoms with van der Waals surface area (Å²) in [7, 11) is 3.19. The van der Waals surface area contributed by atoms with Gasteiger partial charge in [-0.1, -0.05) is 6.07 Å². The van der Waals surface area contributed by atoms with Crippen molar-refractivity contribution < 1.29 is 23.7 Å². The van der Waals surface area contributed by atoms with Gasteiger partial charge in [-0.2, -0.15) is 0 Å². The molecule has 2 aromatic carbocycles. The molecule has 134 valence electrons. The summed E-state index contributed by atoms with van der Waals surface area (Å²) < 4.78 is 20.9. The van der Waals surface area contributed by atoms with Gasteiger partial charge in [0, 0.05) is 18.3 Å². The number of carbonyl (C=O) groups is 1. The van der Waals surface area contributed by atoms with Crippen molar-refractivity contribution in [1.82, 2.24) is 0 Å². The normalized spacial score (nSPS) is 11.4. The first-order valence-electron chi connectivity index (χ1n) is 8.00. The maximum atomic E-state index is 12.0. The molecule has 0 saturated heterocycles. The Labute approximate surface area is 147 Å². The predicted molar refractivity (Wildman–Crippen MR) is 95.6 cm³/mol. The molecule has 0 aromatic heterocycles. The third-order valence-corrected chi connectivity index (χ3v) is 3.69. The topological polar surface area (TPSA) is 57.2 Å². The Balaban J connectivity index is 1.99. The van der Waals surface area contributed by atoms with Gasteiger partial charge in [-0.3, -0.25) is 0 Å². The Bertz CT molecular complexity index is 686. The summed E-state index contributed by atoms with van der Waals surface area (Å²) in [4.78, 5) is 14.0. The number of rotatable bonds is 7. The molecule has 0 aliphatic heterocycles. The minimum Gasteiger partial charge on any atom is -0.497 e. The van der Waals surface area contributed by atoms with Crippen LogP contribution in [-0.4, -0.2) is 33.1 Å². The lowest BCUT2D eigenvalue weighted by Crippen LogP contribution is -2.37. The zero-order valence-corrected chi connectivity index (χ0v) is 14.9. The Kier molecular flexibility index (Phi) is 6.51. The summed E-state index contributed by atoms with van der Waals surface area (Å²) in [5.41, 5.74) is 0.895. The molecule has 2 aromatic rings. The van der Waals surface area contributed by atoms with Gasteiger partial charge in [0.1, 0.15) is 17.2 Å². The van der Waals surface area contributed by atoms with E-state index in [0.29, 0.717) is 18.0 Å². The molecule has 1 unspecified atom stereocenters. The van der Waals surface area contributed by atoms with Gasteiger partial charge in [-0.25, -0.2) is 4.79 Å². The van der Waals surface area contributed by atoms with Gasteiger partial charge in [0.05, 0.1) is 14.2 Å². The number of nitrogens with zero attached hydrogens (tertiary/aromatic N) is 1. The van der Waals surface area contributed by atoms with Crippen molar-refractivity contribution in [1.29, 1.82) is 0 Å². The van der Waals surface area contributed by atoms with E-state index in [9.17, 15) is 4.79 Å². The number of hydrogen-bond donors (Lipinski definition) is 0. The molecule has 1 atom stereocenters. The minimum absolute atomic E-state index is 0.391. The average molecular weight is 345 g/mol. The van der Waals surface area contributed by atoms with Crippen molar-refractivity contribution in [2.45, 2.75) is 20.1 Å². The third-order valence-electron chi connectivity index (χ3n) is 3.69. The Morgan fingerprint density at radius 2 is 1.64 bits per heavy atom. The highest BCUT2D eigenvalue weighted by Crippen LogP contribution is 2.23. The summed E-state index contributed by atoms with van der Waals surface area (Å²) in [6, 6.07) is 14.3. The summed E-state index contributed by atoms with van der Waals surface area (Å²) >= 11 is 0. The largest absolute Gasteiger partial charge is 0.515 e. The smallest absolute Gasteiger partial charge is 0.497 e. The van der Waals surface area contributed by atoms with Crippen molar-refractivity contribution in [2.24, 2.45) is 0 Å². The van der Waals surface area contributed by atoms with Crippen LogP contribution in [0.25, 0.3) is 0 Å². The van der Waals surface area contributed by atoms with E-state index in [0.717, 1.165) is 11.4 Å². The molecule has 0 radical (unpaired) electrons. The van der Waals surface area contributed by atoms with E-state index in [-0.39, 0.29) is 0 Å². The highest BCUT2D eigenvalue weighted by atomic mass is 16.7. The first kappa shape index (κ1) is 18.4. The lowest BCUT2D eigenvalue weighted by atomic mass is 10.2. The molecule has 0 aliphatic rings. The van der Waals surface area contributed by atoms with Gasteiger partial charge < -0.3 is 23.8 Å². The SMILES string of the molecule is CCN(c1cccc(OC)c1)C(C)OC(=O)Oc1ccc(OC)cc1. The average Bonchev–Trinajstić information content (AvgIpc) is 2.63. The molecule has 0 bridgehead atoms. The van der Waals surface area contributed by atoms with E-state index in [2.05, 4.69) is 0 Å². The van der Waals surface area contributed by atoms with Gasteiger partial charge in [-0.05, 0) is 50.2 Å². The zero-order valence-electron chi connectivity index (χ0n) is 14.9. The quantitative estimate of drug-likeness (QED) is 0.428. The molecular weight excluding hydrogens is 322 g/mol. The van der Waals surface area contributed by atoms with Crippen molar-refractivity contribution in [2.75, 3.05) is 25.7 Å². The Morgan fingerprint density at radius 3 is 2.24 bits per heavy atom. The fraction of sp³-hybridized carbons (Fsp3) is 0.316. The van der Waals surface area contributed by atoms with Crippen LogP contribution in [0.15, 0.2) is 48.5 Å². The van der Waals surface area contributed by atoms with Gasteiger partial charge in [0.25, 0.3) is 0 Å². The second-order valence-corrected chi connectivity index (χ2v) is 5.23. The third kappa shape index (κ3) is 5.04. The van der Waals surface area contributed by atoms with Crippen LogP contribution in [0.5, 0.6) is 17.2 Å². The maximum absolute atomic E-state index is 12.0. The number of anilines is 1. The van der Waals surface area contributed by atoms with Crippen LogP contribution in [0.2, 0.25) is 0 Å². The number of ether oxygens (including phenoxy) is 4. The first-order chi connectivity index (χ1) is 12.1. The molecule has 0 saturated carbocycles. The van der Waals surface area contributed by atoms with Crippen LogP contribution in [0.4, 0.5) is 10.5 Å². The summed E-state index contributed by atoms with van der Waals surface area (Å²) in [5.74, 6) is 1.82. The standard InChI is InChI=1S/C19H23NO5/c1-5-20(15-7-6-8-18(13-15)23-4)14(2)24-19(21)25-17-11-9-16(22-3)10-12-17/h6-14H,5H2,1-4H3. The molecule has 0 amide bonds. The van der Waals surface area contributed by atoms with Crippen molar-refractivity contribution in [3.05, 3.63) is 48.5 Å². The number of hydrogen-bond acceptors (Lipinski definition) is 6. The van der Waals surface area contributed by atoms with E-state index in [1.807, 2.05) is 36.1 Å². The minimum atomic E-state index is -0.765. The summed E-state index contributed by atoms with van der Waals surface area (Å²) in [6.07, 6.45) is -1.26. The maximum Gasteiger partial charge on any atom is 0.515 e. The van der Waals surface area contributed by atoms with E-state index in [1.165, 1.54) is 0 Å². The molecule has 0 heterocycles. The van der Waals surface area contributed by atoms with Crippen molar-refractivity contribution >= 4 is 11.8 Å². The highest BCUT2D eigenvalue weighted by molar-refractivity contribution is 5.64. The molecular formula is C19H23NO5. The molecule has 25 heavy (non-hydrogen) atoms. The predicted octanol–water partition coefficient (Wildman–Crippen LogP) is 4.09. The highest BCUT2D eigenvalue weighted by Gasteiger charge is 2.19. The molecule has 0 fully saturated rings. The van der Waals surface area contributed by atoms with Crippen LogP contribution < -0.4 is 19.1 Å². The van der Waals surface area contributed by atoms with E-state index in [4.69, 9.17) is 18.9 Å². The zero-order chi connectivity index (χ0) is 18.2. The van der Waals surface area contributed by atoms with Gasteiger partial charge in [0.2, 0.25) is 0 Å².